The summed E-state index contributed by atoms with van der Waals surface area (Å²) in [5, 5.41) is 16.9. The summed E-state index contributed by atoms with van der Waals surface area (Å²) in [6, 6.07) is 0. The number of carbonyl (C=O) groups is 1. The van der Waals surface area contributed by atoms with E-state index in [0.29, 0.717) is 10.7 Å². The molecule has 2 N–H and O–H groups in total. The van der Waals surface area contributed by atoms with Crippen LogP contribution in [-0.4, -0.2) is 31.5 Å². The van der Waals surface area contributed by atoms with Crippen molar-refractivity contribution in [3.8, 4) is 0 Å². The zero-order valence-electron chi connectivity index (χ0n) is 9.52. The molecule has 0 bridgehead atoms. The first-order valence-corrected chi connectivity index (χ1v) is 5.99. The molecule has 0 spiro atoms. The molecule has 0 aliphatic rings. The van der Waals surface area contributed by atoms with Crippen molar-refractivity contribution in [1.29, 1.82) is 0 Å². The average Bonchev–Trinajstić information content (AvgIpc) is 2.94. The van der Waals surface area contributed by atoms with Crippen LogP contribution in [-0.2, 0) is 13.0 Å². The molecule has 2 aromatic rings. The Balaban J connectivity index is 2.01. The number of thiazole rings is 1. The fourth-order valence-corrected chi connectivity index (χ4v) is 2.23. The van der Waals surface area contributed by atoms with Gasteiger partial charge in [0.25, 0.3) is 5.91 Å². The van der Waals surface area contributed by atoms with Crippen LogP contribution in [0.25, 0.3) is 0 Å². The Bertz CT molecular complexity index is 506. The van der Waals surface area contributed by atoms with E-state index in [0.717, 1.165) is 17.1 Å². The molecule has 0 aromatic carbocycles. The summed E-state index contributed by atoms with van der Waals surface area (Å²) in [5.41, 5.74) is 0.762. The van der Waals surface area contributed by atoms with Gasteiger partial charge in [-0.05, 0) is 13.3 Å². The van der Waals surface area contributed by atoms with Gasteiger partial charge in [0.2, 0.25) is 0 Å². The monoisotopic (exact) mass is 252 g/mol. The van der Waals surface area contributed by atoms with Crippen LogP contribution in [0.1, 0.15) is 33.1 Å². The highest BCUT2D eigenvalue weighted by atomic mass is 32.1. The molecule has 2 heterocycles. The summed E-state index contributed by atoms with van der Waals surface area (Å²) in [5.74, 6) is 0.306. The zero-order chi connectivity index (χ0) is 12.3. The first kappa shape index (κ1) is 11.6. The van der Waals surface area contributed by atoms with Crippen LogP contribution < -0.4 is 5.32 Å². The van der Waals surface area contributed by atoms with Crippen molar-refractivity contribution in [3.05, 3.63) is 21.4 Å². The number of hydrogen-bond acceptors (Lipinski definition) is 6. The van der Waals surface area contributed by atoms with Gasteiger partial charge in [-0.25, -0.2) is 4.98 Å². The van der Waals surface area contributed by atoms with Crippen molar-refractivity contribution in [3.63, 3.8) is 0 Å². The Kier molecular flexibility index (Phi) is 3.43. The van der Waals surface area contributed by atoms with E-state index < -0.39 is 0 Å². The van der Waals surface area contributed by atoms with Crippen molar-refractivity contribution in [2.45, 2.75) is 26.8 Å². The Morgan fingerprint density at radius 1 is 1.53 bits per heavy atom. The minimum absolute atomic E-state index is 0.149. The summed E-state index contributed by atoms with van der Waals surface area (Å²) in [4.78, 5) is 16.8. The predicted octanol–water partition coefficient (Wildman–Crippen LogP) is 0.457. The molecule has 2 aromatic heterocycles. The second-order valence-corrected chi connectivity index (χ2v) is 4.47. The van der Waals surface area contributed by atoms with Gasteiger partial charge in [-0.3, -0.25) is 4.79 Å². The highest BCUT2D eigenvalue weighted by Gasteiger charge is 2.14. The maximum atomic E-state index is 11.9. The van der Waals surface area contributed by atoms with E-state index >= 15 is 0 Å². The van der Waals surface area contributed by atoms with Gasteiger partial charge in [0, 0.05) is 0 Å². The molecule has 2 rings (SSSR count). The molecule has 90 valence electrons. The standard InChI is InChI=1S/C9H12N6OS/c1-3-7-11-5(2)8(17-7)9(16)10-4-6-12-14-15-13-6/h3-4H2,1-2H3,(H,10,16)(H,12,13,14,15). The number of nitrogens with one attached hydrogen (secondary N) is 2. The molecular formula is C9H12N6OS. The number of rotatable bonds is 4. The third-order valence-corrected chi connectivity index (χ3v) is 3.45. The van der Waals surface area contributed by atoms with Gasteiger partial charge in [-0.15, -0.1) is 21.5 Å². The van der Waals surface area contributed by atoms with E-state index in [-0.39, 0.29) is 12.5 Å². The molecule has 7 nitrogen and oxygen atoms in total. The molecular weight excluding hydrogens is 240 g/mol. The molecule has 1 amide bonds. The Labute approximate surface area is 102 Å². The van der Waals surface area contributed by atoms with Gasteiger partial charge in [0.1, 0.15) is 4.88 Å². The maximum absolute atomic E-state index is 11.9. The predicted molar refractivity (Wildman–Crippen MR) is 61.6 cm³/mol. The van der Waals surface area contributed by atoms with Gasteiger partial charge in [-0.1, -0.05) is 12.1 Å². The van der Waals surface area contributed by atoms with Gasteiger partial charge in [0.15, 0.2) is 5.82 Å². The number of carbonyl (C=O) groups excluding carboxylic acids is 1. The third kappa shape index (κ3) is 2.64. The molecule has 0 saturated carbocycles. The topological polar surface area (TPSA) is 96.5 Å². The number of amides is 1. The normalized spacial score (nSPS) is 10.5. The van der Waals surface area contributed by atoms with Gasteiger partial charge < -0.3 is 5.32 Å². The third-order valence-electron chi connectivity index (χ3n) is 2.15. The maximum Gasteiger partial charge on any atom is 0.263 e. The van der Waals surface area contributed by atoms with E-state index in [1.54, 1.807) is 0 Å². The molecule has 8 heteroatoms. The zero-order valence-corrected chi connectivity index (χ0v) is 10.3. The van der Waals surface area contributed by atoms with E-state index in [1.807, 2.05) is 13.8 Å². The highest BCUT2D eigenvalue weighted by Crippen LogP contribution is 2.18. The van der Waals surface area contributed by atoms with E-state index in [1.165, 1.54) is 11.3 Å². The number of aromatic amines is 1. The minimum Gasteiger partial charge on any atom is -0.344 e. The van der Waals surface area contributed by atoms with Crippen LogP contribution in [0.5, 0.6) is 0 Å². The molecule has 0 radical (unpaired) electrons. The van der Waals surface area contributed by atoms with Crippen molar-refractivity contribution >= 4 is 17.2 Å². The number of aryl methyl sites for hydroxylation is 2. The quantitative estimate of drug-likeness (QED) is 0.823. The average molecular weight is 252 g/mol. The van der Waals surface area contributed by atoms with Crippen LogP contribution in [0.3, 0.4) is 0 Å². The van der Waals surface area contributed by atoms with Crippen LogP contribution in [0.15, 0.2) is 0 Å². The second-order valence-electron chi connectivity index (χ2n) is 3.39. The lowest BCUT2D eigenvalue weighted by Crippen LogP contribution is -2.23. The SMILES string of the molecule is CCc1nc(C)c(C(=O)NCc2nn[nH]n2)s1. The largest absolute Gasteiger partial charge is 0.344 e. The fourth-order valence-electron chi connectivity index (χ4n) is 1.31. The fraction of sp³-hybridized carbons (Fsp3) is 0.444. The lowest BCUT2D eigenvalue weighted by molar-refractivity contribution is 0.0953. The van der Waals surface area contributed by atoms with Crippen molar-refractivity contribution in [2.24, 2.45) is 0 Å². The number of aromatic nitrogens is 5. The lowest BCUT2D eigenvalue weighted by Gasteiger charge is -1.99. The second kappa shape index (κ2) is 5.00. The summed E-state index contributed by atoms with van der Waals surface area (Å²) >= 11 is 1.42. The number of tetrazole rings is 1. The van der Waals surface area contributed by atoms with Gasteiger partial charge in [0.05, 0.1) is 17.2 Å². The van der Waals surface area contributed by atoms with Crippen molar-refractivity contribution in [2.75, 3.05) is 0 Å². The molecule has 0 aliphatic carbocycles. The van der Waals surface area contributed by atoms with Crippen molar-refractivity contribution < 1.29 is 4.79 Å². The summed E-state index contributed by atoms with van der Waals surface area (Å²) in [7, 11) is 0. The summed E-state index contributed by atoms with van der Waals surface area (Å²) in [6.07, 6.45) is 0.837. The highest BCUT2D eigenvalue weighted by molar-refractivity contribution is 7.13. The molecule has 0 unspecified atom stereocenters. The van der Waals surface area contributed by atoms with E-state index in [2.05, 4.69) is 30.9 Å². The molecule has 0 fully saturated rings. The van der Waals surface area contributed by atoms with Crippen LogP contribution in [0.2, 0.25) is 0 Å². The summed E-state index contributed by atoms with van der Waals surface area (Å²) in [6.45, 7) is 4.10. The van der Waals surface area contributed by atoms with Gasteiger partial charge >= 0.3 is 0 Å². The molecule has 17 heavy (non-hydrogen) atoms. The first-order chi connectivity index (χ1) is 8.20. The van der Waals surface area contributed by atoms with Gasteiger partial charge in [-0.2, -0.15) is 5.21 Å². The van der Waals surface area contributed by atoms with Crippen LogP contribution in [0.4, 0.5) is 0 Å². The number of nitrogens with zero attached hydrogens (tertiary/aromatic N) is 4. The number of hydrogen-bond donors (Lipinski definition) is 2. The molecule has 0 saturated heterocycles. The Hall–Kier alpha value is -1.83. The number of H-pyrrole nitrogens is 1. The Morgan fingerprint density at radius 2 is 2.35 bits per heavy atom. The van der Waals surface area contributed by atoms with Crippen molar-refractivity contribution in [1.82, 2.24) is 30.9 Å². The molecule has 0 aliphatic heterocycles. The van der Waals surface area contributed by atoms with Crippen LogP contribution in [0, 0.1) is 6.92 Å². The minimum atomic E-state index is -0.149. The molecule has 0 atom stereocenters. The van der Waals surface area contributed by atoms with E-state index in [4.69, 9.17) is 0 Å². The lowest BCUT2D eigenvalue weighted by atomic mass is 10.3. The smallest absolute Gasteiger partial charge is 0.263 e. The summed E-state index contributed by atoms with van der Waals surface area (Å²) < 4.78 is 0. The van der Waals surface area contributed by atoms with E-state index in [9.17, 15) is 4.79 Å². The first-order valence-electron chi connectivity index (χ1n) is 5.17. The Morgan fingerprint density at radius 3 is 2.94 bits per heavy atom. The van der Waals surface area contributed by atoms with Crippen LogP contribution >= 0.6 is 11.3 Å².